The van der Waals surface area contributed by atoms with Crippen LogP contribution in [0, 0.1) is 6.92 Å². The highest BCUT2D eigenvalue weighted by Gasteiger charge is 2.32. The van der Waals surface area contributed by atoms with E-state index in [0.717, 1.165) is 23.9 Å². The summed E-state index contributed by atoms with van der Waals surface area (Å²) in [5.41, 5.74) is 1.04. The van der Waals surface area contributed by atoms with Crippen molar-refractivity contribution in [3.8, 4) is 0 Å². The average molecular weight is 289 g/mol. The first-order valence-electron chi connectivity index (χ1n) is 6.75. The highest BCUT2D eigenvalue weighted by Crippen LogP contribution is 2.24. The largest absolute Gasteiger partial charge is 0.408 e. The van der Waals surface area contributed by atoms with E-state index in [1.165, 1.54) is 6.92 Å². The molecule has 7 heteroatoms. The number of halogens is 3. The van der Waals surface area contributed by atoms with Crippen LogP contribution < -0.4 is 5.32 Å². The second-order valence-electron chi connectivity index (χ2n) is 5.18. The number of hydrogen-bond acceptors (Lipinski definition) is 2. The number of alkyl halides is 3. The van der Waals surface area contributed by atoms with E-state index in [9.17, 15) is 18.0 Å². The van der Waals surface area contributed by atoms with Gasteiger partial charge in [-0.05, 0) is 26.2 Å². The molecule has 112 valence electrons. The molecule has 0 atom stereocenters. The molecule has 0 unspecified atom stereocenters. The summed E-state index contributed by atoms with van der Waals surface area (Å²) in [7, 11) is 0. The van der Waals surface area contributed by atoms with Crippen molar-refractivity contribution in [2.24, 2.45) is 0 Å². The van der Waals surface area contributed by atoms with Crippen molar-refractivity contribution >= 4 is 5.91 Å². The minimum absolute atomic E-state index is 0.169. The van der Waals surface area contributed by atoms with Gasteiger partial charge >= 0.3 is 6.18 Å². The van der Waals surface area contributed by atoms with Crippen molar-refractivity contribution in [1.82, 2.24) is 15.1 Å². The van der Waals surface area contributed by atoms with Crippen LogP contribution >= 0.6 is 0 Å². The van der Waals surface area contributed by atoms with E-state index in [2.05, 4.69) is 10.4 Å². The van der Waals surface area contributed by atoms with Gasteiger partial charge in [0.1, 0.15) is 6.54 Å². The molecule has 1 N–H and O–H groups in total. The average Bonchev–Trinajstić information content (AvgIpc) is 3.05. The van der Waals surface area contributed by atoms with Gasteiger partial charge in [-0.2, -0.15) is 18.3 Å². The van der Waals surface area contributed by atoms with Gasteiger partial charge in [0, 0.05) is 11.7 Å². The molecular formula is C13H18F3N3O. The fraction of sp³-hybridized carbons (Fsp3) is 0.692. The lowest BCUT2D eigenvalue weighted by molar-refractivity contribution is -0.143. The van der Waals surface area contributed by atoms with Crippen LogP contribution in [-0.2, 0) is 13.0 Å². The van der Waals surface area contributed by atoms with Crippen molar-refractivity contribution in [1.29, 1.82) is 0 Å². The number of carbonyl (C=O) groups excluding carboxylic acids is 1. The van der Waals surface area contributed by atoms with E-state index in [4.69, 9.17) is 0 Å². The van der Waals surface area contributed by atoms with Gasteiger partial charge < -0.3 is 5.32 Å². The van der Waals surface area contributed by atoms with Gasteiger partial charge in [0.15, 0.2) is 0 Å². The summed E-state index contributed by atoms with van der Waals surface area (Å²) >= 11 is 0. The number of hydrogen-bond donors (Lipinski definition) is 1. The minimum atomic E-state index is -4.34. The Morgan fingerprint density at radius 2 is 2.10 bits per heavy atom. The molecule has 0 bridgehead atoms. The molecule has 1 aromatic heterocycles. The maximum absolute atomic E-state index is 12.5. The first-order valence-corrected chi connectivity index (χ1v) is 6.75. The minimum Gasteiger partial charge on any atom is -0.349 e. The van der Waals surface area contributed by atoms with Crippen LogP contribution in [0.4, 0.5) is 13.2 Å². The van der Waals surface area contributed by atoms with Crippen LogP contribution in [0.2, 0.25) is 0 Å². The van der Waals surface area contributed by atoms with Crippen LogP contribution in [0.5, 0.6) is 0 Å². The first-order chi connectivity index (χ1) is 9.31. The van der Waals surface area contributed by atoms with Gasteiger partial charge in [0.25, 0.3) is 5.91 Å². The zero-order chi connectivity index (χ0) is 14.9. The number of amides is 1. The van der Waals surface area contributed by atoms with E-state index in [1.807, 2.05) is 6.92 Å². The molecular weight excluding hydrogens is 271 g/mol. The van der Waals surface area contributed by atoms with E-state index < -0.39 is 12.7 Å². The van der Waals surface area contributed by atoms with E-state index in [1.54, 1.807) is 0 Å². The van der Waals surface area contributed by atoms with Crippen molar-refractivity contribution in [3.05, 3.63) is 17.0 Å². The van der Waals surface area contributed by atoms with Crippen LogP contribution in [0.3, 0.4) is 0 Å². The van der Waals surface area contributed by atoms with Gasteiger partial charge in [0.05, 0.1) is 11.3 Å². The lowest BCUT2D eigenvalue weighted by Gasteiger charge is -2.08. The molecule has 0 aliphatic heterocycles. The molecule has 20 heavy (non-hydrogen) atoms. The Bertz CT molecular complexity index is 504. The highest BCUT2D eigenvalue weighted by atomic mass is 19.4. The number of nitrogens with one attached hydrogen (secondary N) is 1. The molecule has 1 fully saturated rings. The number of carbonyl (C=O) groups is 1. The lowest BCUT2D eigenvalue weighted by atomic mass is 10.1. The zero-order valence-electron chi connectivity index (χ0n) is 11.5. The molecule has 0 saturated heterocycles. The fourth-order valence-electron chi connectivity index (χ4n) is 2.12. The van der Waals surface area contributed by atoms with E-state index in [-0.39, 0.29) is 17.6 Å². The van der Waals surface area contributed by atoms with Crippen molar-refractivity contribution in [2.75, 3.05) is 0 Å². The first kappa shape index (κ1) is 14.9. The maximum atomic E-state index is 12.5. The maximum Gasteiger partial charge on any atom is 0.408 e. The number of aryl methyl sites for hydroxylation is 1. The van der Waals surface area contributed by atoms with Crippen molar-refractivity contribution in [2.45, 2.75) is 58.3 Å². The summed E-state index contributed by atoms with van der Waals surface area (Å²) in [4.78, 5) is 12.1. The SMILES string of the molecule is CCCc1nn(CC(F)(F)F)c(C)c1C(=O)NC1CC1. The number of rotatable bonds is 5. The Hall–Kier alpha value is -1.53. The molecule has 1 saturated carbocycles. The standard InChI is InChI=1S/C13H18F3N3O/c1-3-4-10-11(12(20)17-9-5-6-9)8(2)19(18-10)7-13(14,15)16/h9H,3-7H2,1-2H3,(H,17,20). The van der Waals surface area contributed by atoms with E-state index >= 15 is 0 Å². The van der Waals surface area contributed by atoms with Gasteiger partial charge in [-0.3, -0.25) is 9.48 Å². The molecule has 1 aromatic rings. The third-order valence-corrected chi connectivity index (χ3v) is 3.23. The van der Waals surface area contributed by atoms with Crippen molar-refractivity contribution in [3.63, 3.8) is 0 Å². The Morgan fingerprint density at radius 1 is 1.45 bits per heavy atom. The summed E-state index contributed by atoms with van der Waals surface area (Å²) in [5, 5.41) is 6.78. The summed E-state index contributed by atoms with van der Waals surface area (Å²) in [6.45, 7) is 2.26. The third kappa shape index (κ3) is 3.52. The summed E-state index contributed by atoms with van der Waals surface area (Å²) < 4.78 is 38.4. The van der Waals surface area contributed by atoms with Gasteiger partial charge in [-0.1, -0.05) is 13.3 Å². The Kier molecular flexibility index (Phi) is 4.06. The normalized spacial score (nSPS) is 15.4. The Balaban J connectivity index is 2.29. The van der Waals surface area contributed by atoms with Gasteiger partial charge in [0.2, 0.25) is 0 Å². The quantitative estimate of drug-likeness (QED) is 0.905. The van der Waals surface area contributed by atoms with Crippen LogP contribution in [0.15, 0.2) is 0 Å². The summed E-state index contributed by atoms with van der Waals surface area (Å²) in [6.07, 6.45) is -1.25. The predicted octanol–water partition coefficient (Wildman–Crippen LogP) is 2.60. The summed E-state index contributed by atoms with van der Waals surface area (Å²) in [5.74, 6) is -0.304. The summed E-state index contributed by atoms with van der Waals surface area (Å²) in [6, 6.07) is 0.169. The smallest absolute Gasteiger partial charge is 0.349 e. The molecule has 2 rings (SSSR count). The van der Waals surface area contributed by atoms with Crippen molar-refractivity contribution < 1.29 is 18.0 Å². The number of nitrogens with zero attached hydrogens (tertiary/aromatic N) is 2. The molecule has 1 aliphatic carbocycles. The number of aromatic nitrogens is 2. The molecule has 1 heterocycles. The molecule has 1 aliphatic rings. The molecule has 0 spiro atoms. The van der Waals surface area contributed by atoms with E-state index in [0.29, 0.717) is 17.7 Å². The Morgan fingerprint density at radius 3 is 2.60 bits per heavy atom. The lowest BCUT2D eigenvalue weighted by Crippen LogP contribution is -2.27. The molecule has 0 aromatic carbocycles. The third-order valence-electron chi connectivity index (χ3n) is 3.23. The van der Waals surface area contributed by atoms with Crippen LogP contribution in [-0.4, -0.2) is 27.9 Å². The highest BCUT2D eigenvalue weighted by molar-refractivity contribution is 5.96. The van der Waals surface area contributed by atoms with Gasteiger partial charge in [-0.25, -0.2) is 0 Å². The second-order valence-corrected chi connectivity index (χ2v) is 5.18. The van der Waals surface area contributed by atoms with Crippen LogP contribution in [0.25, 0.3) is 0 Å². The second kappa shape index (κ2) is 5.46. The fourth-order valence-corrected chi connectivity index (χ4v) is 2.12. The molecule has 4 nitrogen and oxygen atoms in total. The topological polar surface area (TPSA) is 46.9 Å². The predicted molar refractivity (Wildman–Crippen MR) is 67.5 cm³/mol. The van der Waals surface area contributed by atoms with Gasteiger partial charge in [-0.15, -0.1) is 0 Å². The Labute approximate surface area is 115 Å². The monoisotopic (exact) mass is 289 g/mol. The van der Waals surface area contributed by atoms with Crippen LogP contribution in [0.1, 0.15) is 47.9 Å². The zero-order valence-corrected chi connectivity index (χ0v) is 11.5. The molecule has 1 amide bonds. The molecule has 0 radical (unpaired) electrons.